The van der Waals surface area contributed by atoms with Gasteiger partial charge < -0.3 is 10.6 Å². The molecule has 2 nitrogen and oxygen atoms in total. The van der Waals surface area contributed by atoms with Gasteiger partial charge in [0.1, 0.15) is 0 Å². The van der Waals surface area contributed by atoms with Crippen molar-refractivity contribution in [3.63, 3.8) is 0 Å². The Labute approximate surface area is 85.7 Å². The molecule has 1 aromatic rings. The number of hydrogen-bond acceptors (Lipinski definition) is 2. The summed E-state index contributed by atoms with van der Waals surface area (Å²) in [7, 11) is 0. The van der Waals surface area contributed by atoms with Crippen LogP contribution in [0.15, 0.2) is 18.2 Å². The van der Waals surface area contributed by atoms with Crippen molar-refractivity contribution in [2.75, 3.05) is 23.7 Å². The van der Waals surface area contributed by atoms with Gasteiger partial charge in [-0.05, 0) is 37.0 Å². The van der Waals surface area contributed by atoms with Crippen LogP contribution in [0.5, 0.6) is 0 Å². The molecule has 0 atom stereocenters. The van der Waals surface area contributed by atoms with E-state index in [2.05, 4.69) is 24.0 Å². The van der Waals surface area contributed by atoms with Gasteiger partial charge in [0, 0.05) is 30.5 Å². The highest BCUT2D eigenvalue weighted by molar-refractivity contribution is 5.52. The molecule has 1 heterocycles. The molecule has 1 aromatic carbocycles. The molecule has 0 spiro atoms. The van der Waals surface area contributed by atoms with E-state index in [1.807, 2.05) is 12.1 Å². The van der Waals surface area contributed by atoms with Crippen molar-refractivity contribution in [3.05, 3.63) is 24.3 Å². The van der Waals surface area contributed by atoms with Crippen LogP contribution in [0.1, 0.15) is 19.8 Å². The lowest BCUT2D eigenvalue weighted by Gasteiger charge is -2.31. The summed E-state index contributed by atoms with van der Waals surface area (Å²) >= 11 is 0. The van der Waals surface area contributed by atoms with Crippen LogP contribution in [0.25, 0.3) is 0 Å². The lowest BCUT2D eigenvalue weighted by molar-refractivity contribution is 0.438. The number of benzene rings is 1. The largest absolute Gasteiger partial charge is 0.399 e. The second kappa shape index (κ2) is 3.91. The van der Waals surface area contributed by atoms with Crippen molar-refractivity contribution in [2.45, 2.75) is 19.8 Å². The molecule has 1 aliphatic rings. The Morgan fingerprint density at radius 3 is 2.64 bits per heavy atom. The Morgan fingerprint density at radius 1 is 1.36 bits per heavy atom. The van der Waals surface area contributed by atoms with Crippen LogP contribution in [0.4, 0.5) is 11.4 Å². The number of nitrogens with zero attached hydrogens (tertiary/aromatic N) is 1. The molecule has 0 amide bonds. The van der Waals surface area contributed by atoms with Crippen molar-refractivity contribution < 1.29 is 0 Å². The molecule has 14 heavy (non-hydrogen) atoms. The van der Waals surface area contributed by atoms with Crippen LogP contribution in [-0.2, 0) is 0 Å². The van der Waals surface area contributed by atoms with Gasteiger partial charge in [-0.3, -0.25) is 0 Å². The topological polar surface area (TPSA) is 29.3 Å². The average molecular weight is 189 g/mol. The van der Waals surface area contributed by atoms with Crippen LogP contribution in [-0.4, -0.2) is 13.1 Å². The third-order valence-electron chi connectivity index (χ3n) is 2.94. The fourth-order valence-electron chi connectivity index (χ4n) is 1.87. The summed E-state index contributed by atoms with van der Waals surface area (Å²) in [6, 6.07) is 9.09. The molecule has 1 fully saturated rings. The van der Waals surface area contributed by atoms with Gasteiger partial charge in [-0.2, -0.15) is 0 Å². The van der Waals surface area contributed by atoms with Crippen LogP contribution >= 0.6 is 0 Å². The Balaban J connectivity index is 2.05. The zero-order valence-corrected chi connectivity index (χ0v) is 8.66. The minimum atomic E-state index is 0.791. The Bertz CT molecular complexity index is 284. The lowest BCUT2D eigenvalue weighted by atomic mass is 9.99. The molecular weight excluding hydrogens is 172 g/mol. The zero-order chi connectivity index (χ0) is 9.97. The molecule has 0 aromatic heterocycles. The van der Waals surface area contributed by atoms with Gasteiger partial charge in [0.05, 0.1) is 0 Å². The fraction of sp³-hybridized carbons (Fsp3) is 0.500. The maximum atomic E-state index is 5.63. The van der Waals surface area contributed by atoms with Gasteiger partial charge in [-0.1, -0.05) is 6.92 Å². The van der Waals surface area contributed by atoms with E-state index >= 15 is 0 Å². The van der Waals surface area contributed by atoms with E-state index in [1.54, 1.807) is 0 Å². The van der Waals surface area contributed by atoms with Crippen LogP contribution < -0.4 is 10.6 Å². The highest BCUT2D eigenvalue weighted by Crippen LogP contribution is 2.22. The molecule has 2 N–H and O–H groups in total. The maximum absolute atomic E-state index is 5.63. The summed E-state index contributed by atoms with van der Waals surface area (Å²) in [5, 5.41) is 0. The number of hydrogen-bond donors (Lipinski definition) is 1. The van der Waals surface area contributed by atoms with E-state index in [0.717, 1.165) is 24.7 Å². The van der Waals surface area contributed by atoms with Crippen LogP contribution in [0, 0.1) is 12.0 Å². The molecule has 1 saturated heterocycles. The first kappa shape index (κ1) is 9.38. The predicted molar refractivity (Wildman–Crippen MR) is 60.3 cm³/mol. The molecule has 2 rings (SSSR count). The van der Waals surface area contributed by atoms with E-state index in [4.69, 9.17) is 5.73 Å². The monoisotopic (exact) mass is 189 g/mol. The third kappa shape index (κ3) is 2.00. The number of nitrogens with two attached hydrogens (primary N) is 1. The van der Waals surface area contributed by atoms with Crippen molar-refractivity contribution in [1.29, 1.82) is 0 Å². The molecule has 1 aliphatic heterocycles. The third-order valence-corrected chi connectivity index (χ3v) is 2.94. The molecule has 0 aliphatic carbocycles. The SMILES string of the molecule is CC1CCN(c2[c]cc(N)cc2)CC1. The molecule has 2 heteroatoms. The normalized spacial score (nSPS) is 18.5. The van der Waals surface area contributed by atoms with Gasteiger partial charge in [-0.15, -0.1) is 0 Å². The first-order valence-electron chi connectivity index (χ1n) is 5.28. The minimum Gasteiger partial charge on any atom is -0.399 e. The van der Waals surface area contributed by atoms with Crippen molar-refractivity contribution >= 4 is 11.4 Å². The molecule has 75 valence electrons. The second-order valence-corrected chi connectivity index (χ2v) is 4.18. The molecule has 0 unspecified atom stereocenters. The first-order valence-corrected chi connectivity index (χ1v) is 5.28. The standard InChI is InChI=1S/C12H17N2/c1-10-6-8-14(9-7-10)12-4-2-11(13)3-5-12/h2-4,10H,6-9,13H2,1H3. The summed E-state index contributed by atoms with van der Waals surface area (Å²) in [6.07, 6.45) is 2.58. The molecule has 0 bridgehead atoms. The lowest BCUT2D eigenvalue weighted by Crippen LogP contribution is -2.32. The summed E-state index contributed by atoms with van der Waals surface area (Å²) in [4.78, 5) is 2.39. The van der Waals surface area contributed by atoms with Crippen molar-refractivity contribution in [2.24, 2.45) is 5.92 Å². The van der Waals surface area contributed by atoms with Gasteiger partial charge in [0.15, 0.2) is 0 Å². The Morgan fingerprint density at radius 2 is 2.07 bits per heavy atom. The number of nitrogen functional groups attached to an aromatic ring is 1. The predicted octanol–water partition coefficient (Wildman–Crippen LogP) is 2.31. The highest BCUT2D eigenvalue weighted by atomic mass is 15.1. The van der Waals surface area contributed by atoms with Gasteiger partial charge in [0.25, 0.3) is 0 Å². The number of anilines is 2. The fourth-order valence-corrected chi connectivity index (χ4v) is 1.87. The smallest absolute Gasteiger partial charge is 0.0448 e. The Kier molecular flexibility index (Phi) is 2.62. The molecule has 0 saturated carbocycles. The second-order valence-electron chi connectivity index (χ2n) is 4.18. The summed E-state index contributed by atoms with van der Waals surface area (Å²) < 4.78 is 0. The maximum Gasteiger partial charge on any atom is 0.0448 e. The molecule has 1 radical (unpaired) electrons. The quantitative estimate of drug-likeness (QED) is 0.687. The van der Waals surface area contributed by atoms with E-state index in [0.29, 0.717) is 0 Å². The van der Waals surface area contributed by atoms with Crippen LogP contribution in [0.2, 0.25) is 0 Å². The van der Waals surface area contributed by atoms with Gasteiger partial charge in [0.2, 0.25) is 0 Å². The zero-order valence-electron chi connectivity index (χ0n) is 8.66. The minimum absolute atomic E-state index is 0.791. The molecular formula is C12H17N2. The van der Waals surface area contributed by atoms with E-state index in [9.17, 15) is 0 Å². The number of rotatable bonds is 1. The highest BCUT2D eigenvalue weighted by Gasteiger charge is 2.15. The van der Waals surface area contributed by atoms with E-state index in [1.165, 1.54) is 18.5 Å². The first-order chi connectivity index (χ1) is 6.75. The van der Waals surface area contributed by atoms with Gasteiger partial charge >= 0.3 is 0 Å². The van der Waals surface area contributed by atoms with E-state index in [-0.39, 0.29) is 0 Å². The average Bonchev–Trinajstić information content (AvgIpc) is 2.21. The summed E-state index contributed by atoms with van der Waals surface area (Å²) in [6.45, 7) is 4.63. The summed E-state index contributed by atoms with van der Waals surface area (Å²) in [5.41, 5.74) is 7.61. The summed E-state index contributed by atoms with van der Waals surface area (Å²) in [5.74, 6) is 0.875. The Hall–Kier alpha value is -1.18. The van der Waals surface area contributed by atoms with Crippen molar-refractivity contribution in [3.8, 4) is 0 Å². The van der Waals surface area contributed by atoms with E-state index < -0.39 is 0 Å². The van der Waals surface area contributed by atoms with Crippen LogP contribution in [0.3, 0.4) is 0 Å². The van der Waals surface area contributed by atoms with Crippen molar-refractivity contribution in [1.82, 2.24) is 0 Å². The van der Waals surface area contributed by atoms with Gasteiger partial charge in [-0.25, -0.2) is 0 Å². The number of piperidine rings is 1.